The molecule has 17 heavy (non-hydrogen) atoms. The van der Waals surface area contributed by atoms with Gasteiger partial charge in [-0.1, -0.05) is 12.2 Å². The Hall–Kier alpha value is -0.830. The molecule has 0 nitrogen and oxygen atoms in total. The van der Waals surface area contributed by atoms with Crippen LogP contribution in [0.3, 0.4) is 0 Å². The van der Waals surface area contributed by atoms with Gasteiger partial charge in [-0.05, 0) is 43.6 Å². The summed E-state index contributed by atoms with van der Waals surface area (Å²) < 4.78 is 26.1. The number of hydrogen-bond donors (Lipinski definition) is 0. The van der Waals surface area contributed by atoms with E-state index in [0.717, 1.165) is 11.3 Å². The molecule has 0 radical (unpaired) electrons. The Morgan fingerprint density at radius 3 is 2.76 bits per heavy atom. The minimum atomic E-state index is -0.525. The summed E-state index contributed by atoms with van der Waals surface area (Å²) in [6.45, 7) is 0. The van der Waals surface area contributed by atoms with Gasteiger partial charge >= 0.3 is 0 Å². The second-order valence-corrected chi connectivity index (χ2v) is 5.59. The maximum atomic E-state index is 13.4. The van der Waals surface area contributed by atoms with E-state index in [1.807, 2.05) is 11.8 Å². The lowest BCUT2D eigenvalue weighted by Crippen LogP contribution is -1.94. The van der Waals surface area contributed by atoms with Gasteiger partial charge in [0.25, 0.3) is 0 Å². The van der Waals surface area contributed by atoms with Crippen molar-refractivity contribution in [2.24, 2.45) is 5.92 Å². The zero-order chi connectivity index (χ0) is 12.3. The number of halogens is 2. The second-order valence-electron chi connectivity index (χ2n) is 4.46. The van der Waals surface area contributed by atoms with E-state index in [9.17, 15) is 8.78 Å². The average Bonchev–Trinajstić information content (AvgIpc) is 2.76. The Morgan fingerprint density at radius 2 is 2.12 bits per heavy atom. The first-order valence-electron chi connectivity index (χ1n) is 5.85. The third kappa shape index (κ3) is 3.32. The van der Waals surface area contributed by atoms with Gasteiger partial charge in [0, 0.05) is 16.9 Å². The molecule has 0 aliphatic heterocycles. The highest BCUT2D eigenvalue weighted by molar-refractivity contribution is 7.99. The Labute approximate surface area is 105 Å². The lowest BCUT2D eigenvalue weighted by Gasteiger charge is -2.04. The molecule has 0 aromatic heterocycles. The summed E-state index contributed by atoms with van der Waals surface area (Å²) >= 11 is 1.91. The summed E-state index contributed by atoms with van der Waals surface area (Å²) in [5.74, 6) is -0.472. The van der Waals surface area contributed by atoms with Crippen molar-refractivity contribution in [2.75, 3.05) is 6.26 Å². The summed E-state index contributed by atoms with van der Waals surface area (Å²) in [6, 6.07) is 3.71. The van der Waals surface area contributed by atoms with E-state index in [0.29, 0.717) is 11.5 Å². The molecule has 1 fully saturated rings. The summed E-state index contributed by atoms with van der Waals surface area (Å²) in [6.07, 6.45) is 9.55. The van der Waals surface area contributed by atoms with Crippen LogP contribution in [0.2, 0.25) is 0 Å². The van der Waals surface area contributed by atoms with E-state index < -0.39 is 11.6 Å². The summed E-state index contributed by atoms with van der Waals surface area (Å²) in [5, 5.41) is 0.739. The van der Waals surface area contributed by atoms with Crippen molar-refractivity contribution in [3.63, 3.8) is 0 Å². The van der Waals surface area contributed by atoms with Crippen molar-refractivity contribution in [2.45, 2.75) is 24.5 Å². The van der Waals surface area contributed by atoms with Crippen molar-refractivity contribution in [3.05, 3.63) is 41.5 Å². The van der Waals surface area contributed by atoms with Gasteiger partial charge in [-0.3, -0.25) is 0 Å². The van der Waals surface area contributed by atoms with Crippen molar-refractivity contribution in [3.8, 4) is 0 Å². The lowest BCUT2D eigenvalue weighted by molar-refractivity contribution is 0.581. The molecule has 3 heteroatoms. The molecule has 0 N–H and O–H groups in total. The number of hydrogen-bond acceptors (Lipinski definition) is 1. The topological polar surface area (TPSA) is 0 Å². The minimum absolute atomic E-state index is 0.471. The molecule has 0 heterocycles. The maximum Gasteiger partial charge on any atom is 0.133 e. The largest absolute Gasteiger partial charge is 0.207 e. The second kappa shape index (κ2) is 5.67. The fraction of sp³-hybridized carbons (Fsp3) is 0.429. The molecule has 2 atom stereocenters. The molecule has 0 amide bonds. The quantitative estimate of drug-likeness (QED) is 0.764. The molecule has 1 saturated carbocycles. The van der Waals surface area contributed by atoms with Crippen LogP contribution in [0.5, 0.6) is 0 Å². The number of benzene rings is 1. The fourth-order valence-electron chi connectivity index (χ4n) is 2.24. The molecule has 1 aliphatic rings. The molecule has 0 spiro atoms. The molecule has 2 unspecified atom stereocenters. The molecule has 1 aromatic rings. The van der Waals surface area contributed by atoms with Gasteiger partial charge in [-0.15, -0.1) is 0 Å². The molecular formula is C14H16F2S. The van der Waals surface area contributed by atoms with Crippen LogP contribution in [0.1, 0.15) is 24.8 Å². The van der Waals surface area contributed by atoms with E-state index >= 15 is 0 Å². The van der Waals surface area contributed by atoms with Crippen LogP contribution in [0.4, 0.5) is 8.78 Å². The van der Waals surface area contributed by atoms with E-state index in [1.165, 1.54) is 31.4 Å². The van der Waals surface area contributed by atoms with Crippen molar-refractivity contribution < 1.29 is 8.78 Å². The van der Waals surface area contributed by atoms with Crippen molar-refractivity contribution >= 4 is 17.8 Å². The van der Waals surface area contributed by atoms with Gasteiger partial charge in [-0.25, -0.2) is 8.78 Å². The van der Waals surface area contributed by atoms with Gasteiger partial charge in [0.1, 0.15) is 11.6 Å². The minimum Gasteiger partial charge on any atom is -0.207 e. The maximum absolute atomic E-state index is 13.4. The van der Waals surface area contributed by atoms with Crippen LogP contribution in [0.25, 0.3) is 6.08 Å². The van der Waals surface area contributed by atoms with Crippen LogP contribution < -0.4 is 0 Å². The highest BCUT2D eigenvalue weighted by Gasteiger charge is 2.21. The van der Waals surface area contributed by atoms with E-state index in [-0.39, 0.29) is 0 Å². The molecule has 1 aliphatic carbocycles. The highest BCUT2D eigenvalue weighted by Crippen LogP contribution is 2.33. The van der Waals surface area contributed by atoms with Gasteiger partial charge in [0.2, 0.25) is 0 Å². The van der Waals surface area contributed by atoms with Crippen LogP contribution in [-0.2, 0) is 0 Å². The highest BCUT2D eigenvalue weighted by atomic mass is 32.2. The standard InChI is InChI=1S/C14H16F2S/c1-17-13-7-3-10(8-13)2-4-11-5-6-12(15)9-14(11)16/h2,4-6,9-10,13H,3,7-8H2,1H3/b4-2+. The average molecular weight is 254 g/mol. The SMILES string of the molecule is CSC1CCC(/C=C/c2ccc(F)cc2F)C1. The van der Waals surface area contributed by atoms with E-state index in [1.54, 1.807) is 6.08 Å². The predicted octanol–water partition coefficient (Wildman–Crippen LogP) is 4.51. The van der Waals surface area contributed by atoms with Crippen LogP contribution >= 0.6 is 11.8 Å². The first-order valence-corrected chi connectivity index (χ1v) is 7.14. The first-order chi connectivity index (χ1) is 8.19. The number of thioether (sulfide) groups is 1. The van der Waals surface area contributed by atoms with Crippen molar-refractivity contribution in [1.82, 2.24) is 0 Å². The summed E-state index contributed by atoms with van der Waals surface area (Å²) in [5.41, 5.74) is 0.471. The Bertz CT molecular complexity index is 415. The predicted molar refractivity (Wildman–Crippen MR) is 70.0 cm³/mol. The monoisotopic (exact) mass is 254 g/mol. The van der Waals surface area contributed by atoms with Crippen molar-refractivity contribution in [1.29, 1.82) is 0 Å². The van der Waals surface area contributed by atoms with Gasteiger partial charge in [-0.2, -0.15) is 11.8 Å². The zero-order valence-electron chi connectivity index (χ0n) is 9.83. The number of rotatable bonds is 3. The third-order valence-corrected chi connectivity index (χ3v) is 4.36. The number of allylic oxidation sites excluding steroid dienone is 1. The van der Waals surface area contributed by atoms with Gasteiger partial charge < -0.3 is 0 Å². The normalized spacial score (nSPS) is 24.6. The Balaban J connectivity index is 2.01. The van der Waals surface area contributed by atoms with E-state index in [2.05, 4.69) is 12.3 Å². The van der Waals surface area contributed by atoms with E-state index in [4.69, 9.17) is 0 Å². The Morgan fingerprint density at radius 1 is 1.29 bits per heavy atom. The first kappa shape index (κ1) is 12.6. The van der Waals surface area contributed by atoms with Crippen LogP contribution in [0.15, 0.2) is 24.3 Å². The van der Waals surface area contributed by atoms with Gasteiger partial charge in [0.05, 0.1) is 0 Å². The Kier molecular flexibility index (Phi) is 4.21. The molecule has 1 aromatic carbocycles. The fourth-order valence-corrected chi connectivity index (χ4v) is 3.05. The molecular weight excluding hydrogens is 238 g/mol. The van der Waals surface area contributed by atoms with Crippen LogP contribution in [0, 0.1) is 17.6 Å². The zero-order valence-corrected chi connectivity index (χ0v) is 10.6. The summed E-state index contributed by atoms with van der Waals surface area (Å²) in [7, 11) is 0. The molecule has 0 bridgehead atoms. The van der Waals surface area contributed by atoms with Gasteiger partial charge in [0.15, 0.2) is 0 Å². The third-order valence-electron chi connectivity index (χ3n) is 3.27. The molecule has 2 rings (SSSR count). The molecule has 0 saturated heterocycles. The van der Waals surface area contributed by atoms with Crippen LogP contribution in [-0.4, -0.2) is 11.5 Å². The lowest BCUT2D eigenvalue weighted by atomic mass is 10.1. The smallest absolute Gasteiger partial charge is 0.133 e. The molecule has 92 valence electrons. The summed E-state index contributed by atoms with van der Waals surface area (Å²) in [4.78, 5) is 0.